The number of carbonyl (C=O) groups excluding carboxylic acids is 1. The van der Waals surface area contributed by atoms with E-state index in [0.717, 1.165) is 36.5 Å². The van der Waals surface area contributed by atoms with E-state index in [9.17, 15) is 15.0 Å². The van der Waals surface area contributed by atoms with Crippen LogP contribution in [-0.4, -0.2) is 59.6 Å². The van der Waals surface area contributed by atoms with E-state index >= 15 is 0 Å². The summed E-state index contributed by atoms with van der Waals surface area (Å²) in [6, 6.07) is 21.7. The summed E-state index contributed by atoms with van der Waals surface area (Å²) in [5, 5.41) is 21.9. The highest BCUT2D eigenvalue weighted by Gasteiger charge is 2.09. The number of rotatable bonds is 11. The molecular formula is C26H31N3O4. The van der Waals surface area contributed by atoms with Gasteiger partial charge in [-0.1, -0.05) is 24.3 Å². The van der Waals surface area contributed by atoms with Gasteiger partial charge in [0.05, 0.1) is 6.54 Å². The van der Waals surface area contributed by atoms with Gasteiger partial charge in [-0.25, -0.2) is 0 Å². The average molecular weight is 450 g/mol. The maximum atomic E-state index is 12.4. The van der Waals surface area contributed by atoms with Gasteiger partial charge < -0.3 is 25.2 Å². The minimum Gasteiger partial charge on any atom is -0.504 e. The highest BCUT2D eigenvalue weighted by molar-refractivity contribution is 5.92. The van der Waals surface area contributed by atoms with Gasteiger partial charge in [0.25, 0.3) is 0 Å². The maximum Gasteiger partial charge on any atom is 0.238 e. The Kier molecular flexibility index (Phi) is 8.69. The number of para-hydroxylation sites is 1. The standard InChI is InChI=1S/C26H31N3O4/c1-28(18-20-9-14-24(30)25(31)17-20)15-6-16-29(2)19-26(32)27-21-10-12-23(13-11-21)33-22-7-4-3-5-8-22/h3-5,7-14,17,30-31H,6,15-16,18-19H2,1-2H3,(H,27,32). The summed E-state index contributed by atoms with van der Waals surface area (Å²) < 4.78 is 5.77. The van der Waals surface area contributed by atoms with Gasteiger partial charge in [0, 0.05) is 12.2 Å². The van der Waals surface area contributed by atoms with Crippen molar-refractivity contribution in [2.24, 2.45) is 0 Å². The molecule has 0 bridgehead atoms. The van der Waals surface area contributed by atoms with Gasteiger partial charge in [-0.2, -0.15) is 0 Å². The fraction of sp³-hybridized carbons (Fsp3) is 0.269. The maximum absolute atomic E-state index is 12.4. The third-order valence-corrected chi connectivity index (χ3v) is 5.10. The molecule has 0 aliphatic carbocycles. The molecular weight excluding hydrogens is 418 g/mol. The number of amides is 1. The number of carbonyl (C=O) groups is 1. The van der Waals surface area contributed by atoms with Crippen LogP contribution < -0.4 is 10.1 Å². The van der Waals surface area contributed by atoms with E-state index in [4.69, 9.17) is 4.74 Å². The van der Waals surface area contributed by atoms with Gasteiger partial charge >= 0.3 is 0 Å². The van der Waals surface area contributed by atoms with Crippen LogP contribution in [0.2, 0.25) is 0 Å². The summed E-state index contributed by atoms with van der Waals surface area (Å²) >= 11 is 0. The topological polar surface area (TPSA) is 85.3 Å². The number of phenolic OH excluding ortho intramolecular Hbond substituents is 2. The number of nitrogens with zero attached hydrogens (tertiary/aromatic N) is 2. The number of phenols is 2. The van der Waals surface area contributed by atoms with E-state index in [0.29, 0.717) is 18.8 Å². The Balaban J connectivity index is 1.35. The molecule has 0 radical (unpaired) electrons. The van der Waals surface area contributed by atoms with Gasteiger partial charge in [0.1, 0.15) is 11.5 Å². The van der Waals surface area contributed by atoms with E-state index in [-0.39, 0.29) is 17.4 Å². The van der Waals surface area contributed by atoms with Crippen LogP contribution in [0.3, 0.4) is 0 Å². The lowest BCUT2D eigenvalue weighted by Gasteiger charge is -2.20. The number of nitrogens with one attached hydrogen (secondary N) is 1. The van der Waals surface area contributed by atoms with E-state index in [1.165, 1.54) is 6.07 Å². The normalized spacial score (nSPS) is 11.0. The zero-order chi connectivity index (χ0) is 23.6. The zero-order valence-corrected chi connectivity index (χ0v) is 19.1. The van der Waals surface area contributed by atoms with Crippen molar-refractivity contribution in [1.29, 1.82) is 0 Å². The number of hydrogen-bond donors (Lipinski definition) is 3. The number of ether oxygens (including phenoxy) is 1. The summed E-state index contributed by atoms with van der Waals surface area (Å²) in [6.07, 6.45) is 0.899. The largest absolute Gasteiger partial charge is 0.504 e. The van der Waals surface area contributed by atoms with Gasteiger partial charge in [-0.05, 0) is 87.7 Å². The zero-order valence-electron chi connectivity index (χ0n) is 19.1. The Morgan fingerprint density at radius 1 is 0.848 bits per heavy atom. The number of likely N-dealkylation sites (N-methyl/N-ethyl adjacent to an activating group) is 1. The van der Waals surface area contributed by atoms with Gasteiger partial charge in [-0.3, -0.25) is 9.69 Å². The van der Waals surface area contributed by atoms with Gasteiger partial charge in [-0.15, -0.1) is 0 Å². The molecule has 0 saturated carbocycles. The van der Waals surface area contributed by atoms with Crippen molar-refractivity contribution in [2.75, 3.05) is 39.0 Å². The van der Waals surface area contributed by atoms with Crippen molar-refractivity contribution in [1.82, 2.24) is 9.80 Å². The summed E-state index contributed by atoms with van der Waals surface area (Å²) in [5.74, 6) is 1.19. The van der Waals surface area contributed by atoms with Crippen molar-refractivity contribution in [3.05, 3.63) is 78.4 Å². The first-order valence-electron chi connectivity index (χ1n) is 10.9. The summed E-state index contributed by atoms with van der Waals surface area (Å²) in [4.78, 5) is 16.5. The van der Waals surface area contributed by atoms with Crippen molar-refractivity contribution in [3.8, 4) is 23.0 Å². The molecule has 0 heterocycles. The molecule has 0 atom stereocenters. The first kappa shape index (κ1) is 24.1. The molecule has 0 fully saturated rings. The lowest BCUT2D eigenvalue weighted by atomic mass is 10.2. The van der Waals surface area contributed by atoms with Crippen LogP contribution in [0.15, 0.2) is 72.8 Å². The average Bonchev–Trinajstić information content (AvgIpc) is 2.78. The predicted molar refractivity (Wildman–Crippen MR) is 130 cm³/mol. The second-order valence-corrected chi connectivity index (χ2v) is 8.14. The Morgan fingerprint density at radius 3 is 2.21 bits per heavy atom. The Hall–Kier alpha value is -3.55. The molecule has 0 unspecified atom stereocenters. The third-order valence-electron chi connectivity index (χ3n) is 5.10. The van der Waals surface area contributed by atoms with Gasteiger partial charge in [0.15, 0.2) is 11.5 Å². The van der Waals surface area contributed by atoms with E-state index in [1.807, 2.05) is 73.6 Å². The smallest absolute Gasteiger partial charge is 0.238 e. The first-order chi connectivity index (χ1) is 15.9. The molecule has 0 spiro atoms. The van der Waals surface area contributed by atoms with Gasteiger partial charge in [0.2, 0.25) is 5.91 Å². The minimum atomic E-state index is -0.113. The number of benzene rings is 3. The summed E-state index contributed by atoms with van der Waals surface area (Å²) in [7, 11) is 3.93. The van der Waals surface area contributed by atoms with Crippen molar-refractivity contribution in [3.63, 3.8) is 0 Å². The SMILES string of the molecule is CN(CCCN(C)Cc1ccc(O)c(O)c1)CC(=O)Nc1ccc(Oc2ccccc2)cc1. The second-order valence-electron chi connectivity index (χ2n) is 8.14. The Morgan fingerprint density at radius 2 is 1.52 bits per heavy atom. The summed E-state index contributed by atoms with van der Waals surface area (Å²) in [6.45, 7) is 2.60. The quantitative estimate of drug-likeness (QED) is 0.379. The molecule has 3 aromatic carbocycles. The first-order valence-corrected chi connectivity index (χ1v) is 10.9. The van der Waals surface area contributed by atoms with E-state index < -0.39 is 0 Å². The number of hydrogen-bond acceptors (Lipinski definition) is 6. The number of anilines is 1. The van der Waals surface area contributed by atoms with Crippen molar-refractivity contribution >= 4 is 11.6 Å². The third kappa shape index (κ3) is 8.14. The molecule has 33 heavy (non-hydrogen) atoms. The Bertz CT molecular complexity index is 1030. The molecule has 0 aromatic heterocycles. The van der Waals surface area contributed by atoms with Crippen LogP contribution in [0.5, 0.6) is 23.0 Å². The molecule has 3 rings (SSSR count). The molecule has 0 saturated heterocycles. The Labute approximate surface area is 194 Å². The highest BCUT2D eigenvalue weighted by Crippen LogP contribution is 2.25. The molecule has 1 amide bonds. The minimum absolute atomic E-state index is 0.0675. The summed E-state index contributed by atoms with van der Waals surface area (Å²) in [5.41, 5.74) is 1.66. The van der Waals surface area contributed by atoms with Crippen LogP contribution >= 0.6 is 0 Å². The fourth-order valence-electron chi connectivity index (χ4n) is 3.42. The lowest BCUT2D eigenvalue weighted by Crippen LogP contribution is -2.32. The van der Waals surface area contributed by atoms with E-state index in [2.05, 4.69) is 10.2 Å². The van der Waals surface area contributed by atoms with Crippen LogP contribution in [0.25, 0.3) is 0 Å². The molecule has 0 aliphatic rings. The lowest BCUT2D eigenvalue weighted by molar-refractivity contribution is -0.117. The monoisotopic (exact) mass is 449 g/mol. The molecule has 0 aliphatic heterocycles. The fourth-order valence-corrected chi connectivity index (χ4v) is 3.42. The second kappa shape index (κ2) is 11.9. The van der Waals surface area contributed by atoms with E-state index in [1.54, 1.807) is 12.1 Å². The van der Waals surface area contributed by atoms with Crippen LogP contribution in [0.1, 0.15) is 12.0 Å². The van der Waals surface area contributed by atoms with Crippen LogP contribution in [-0.2, 0) is 11.3 Å². The molecule has 7 nitrogen and oxygen atoms in total. The number of aromatic hydroxyl groups is 2. The van der Waals surface area contributed by atoms with Crippen LogP contribution in [0, 0.1) is 0 Å². The predicted octanol–water partition coefficient (Wildman–Crippen LogP) is 4.28. The van der Waals surface area contributed by atoms with Crippen LogP contribution in [0.4, 0.5) is 5.69 Å². The highest BCUT2D eigenvalue weighted by atomic mass is 16.5. The molecule has 3 aromatic rings. The molecule has 7 heteroatoms. The molecule has 174 valence electrons. The molecule has 3 N–H and O–H groups in total. The van der Waals surface area contributed by atoms with Crippen molar-refractivity contribution in [2.45, 2.75) is 13.0 Å². The van der Waals surface area contributed by atoms with Crippen molar-refractivity contribution < 1.29 is 19.7 Å².